The summed E-state index contributed by atoms with van der Waals surface area (Å²) in [5.41, 5.74) is 1.12. The molecule has 0 radical (unpaired) electrons. The molecule has 2 aromatic rings. The summed E-state index contributed by atoms with van der Waals surface area (Å²) in [4.78, 5) is 13.4. The number of sulfonamides is 1. The lowest BCUT2D eigenvalue weighted by Gasteiger charge is -2.26. The smallest absolute Gasteiger partial charge is 0.337 e. The van der Waals surface area contributed by atoms with Crippen LogP contribution in [0.5, 0.6) is 0 Å². The van der Waals surface area contributed by atoms with Crippen LogP contribution in [0.15, 0.2) is 53.4 Å². The van der Waals surface area contributed by atoms with E-state index in [0.29, 0.717) is 5.02 Å². The molecule has 0 bridgehead atoms. The molecule has 1 atom stereocenters. The first kappa shape index (κ1) is 20.4. The number of methoxy groups -OCH3 is 1. The van der Waals surface area contributed by atoms with E-state index in [9.17, 15) is 13.2 Å². The Labute approximate surface area is 158 Å². The third kappa shape index (κ3) is 4.82. The monoisotopic (exact) mass is 396 g/mol. The Bertz CT molecular complexity index is 867. The van der Waals surface area contributed by atoms with Crippen LogP contribution in [-0.2, 0) is 14.8 Å². The van der Waals surface area contributed by atoms with Gasteiger partial charge in [-0.05, 0) is 50.0 Å². The van der Waals surface area contributed by atoms with E-state index in [1.807, 2.05) is 37.2 Å². The van der Waals surface area contributed by atoms with Crippen LogP contribution >= 0.6 is 11.6 Å². The van der Waals surface area contributed by atoms with E-state index in [2.05, 4.69) is 9.46 Å². The minimum absolute atomic E-state index is 0.0711. The van der Waals surface area contributed by atoms with Crippen molar-refractivity contribution < 1.29 is 17.9 Å². The molecular formula is C18H21ClN2O4S. The zero-order chi connectivity index (χ0) is 19.3. The fourth-order valence-electron chi connectivity index (χ4n) is 2.48. The van der Waals surface area contributed by atoms with Crippen LogP contribution in [0.25, 0.3) is 0 Å². The van der Waals surface area contributed by atoms with Gasteiger partial charge >= 0.3 is 5.97 Å². The predicted octanol–water partition coefficient (Wildman–Crippen LogP) is 2.71. The lowest BCUT2D eigenvalue weighted by Crippen LogP contribution is -2.34. The van der Waals surface area contributed by atoms with Crippen LogP contribution < -0.4 is 4.72 Å². The molecule has 2 aromatic carbocycles. The summed E-state index contributed by atoms with van der Waals surface area (Å²) < 4.78 is 32.3. The third-order valence-corrected chi connectivity index (χ3v) is 5.72. The molecule has 0 aliphatic rings. The van der Waals surface area contributed by atoms with Gasteiger partial charge in [0.05, 0.1) is 17.6 Å². The summed E-state index contributed by atoms with van der Waals surface area (Å²) in [7, 11) is 1.25. The van der Waals surface area contributed by atoms with Crippen molar-refractivity contribution in [3.8, 4) is 0 Å². The Morgan fingerprint density at radius 3 is 2.31 bits per heavy atom. The van der Waals surface area contributed by atoms with Gasteiger partial charge in [0.2, 0.25) is 10.0 Å². The van der Waals surface area contributed by atoms with Gasteiger partial charge in [-0.15, -0.1) is 0 Å². The quantitative estimate of drug-likeness (QED) is 0.728. The fourth-order valence-corrected chi connectivity index (χ4v) is 3.78. The summed E-state index contributed by atoms with van der Waals surface area (Å²) >= 11 is 6.24. The van der Waals surface area contributed by atoms with E-state index in [-0.39, 0.29) is 23.0 Å². The zero-order valence-electron chi connectivity index (χ0n) is 14.8. The van der Waals surface area contributed by atoms with Crippen molar-refractivity contribution in [1.82, 2.24) is 9.62 Å². The van der Waals surface area contributed by atoms with Crippen molar-refractivity contribution in [2.75, 3.05) is 27.7 Å². The number of nitrogens with one attached hydrogen (secondary N) is 1. The molecule has 0 amide bonds. The van der Waals surface area contributed by atoms with Crippen molar-refractivity contribution in [3.63, 3.8) is 0 Å². The molecule has 0 aromatic heterocycles. The highest BCUT2D eigenvalue weighted by molar-refractivity contribution is 7.89. The zero-order valence-corrected chi connectivity index (χ0v) is 16.3. The van der Waals surface area contributed by atoms with Crippen LogP contribution in [0, 0.1) is 0 Å². The van der Waals surface area contributed by atoms with E-state index in [0.717, 1.165) is 5.56 Å². The minimum Gasteiger partial charge on any atom is -0.465 e. The van der Waals surface area contributed by atoms with Gasteiger partial charge in [0.25, 0.3) is 0 Å². The number of likely N-dealkylation sites (N-methyl/N-ethyl adjacent to an activating group) is 1. The molecule has 0 aliphatic heterocycles. The highest BCUT2D eigenvalue weighted by Gasteiger charge is 2.21. The van der Waals surface area contributed by atoms with Gasteiger partial charge in [-0.3, -0.25) is 0 Å². The van der Waals surface area contributed by atoms with Crippen LogP contribution in [0.2, 0.25) is 5.02 Å². The van der Waals surface area contributed by atoms with E-state index in [4.69, 9.17) is 11.6 Å². The Kier molecular flexibility index (Phi) is 6.77. The number of benzene rings is 2. The van der Waals surface area contributed by atoms with Gasteiger partial charge in [0.1, 0.15) is 0 Å². The predicted molar refractivity (Wildman–Crippen MR) is 101 cm³/mol. The maximum atomic E-state index is 12.5. The van der Waals surface area contributed by atoms with Crippen LogP contribution in [-0.4, -0.2) is 47.0 Å². The summed E-state index contributed by atoms with van der Waals surface area (Å²) in [5.74, 6) is -0.520. The van der Waals surface area contributed by atoms with Crippen molar-refractivity contribution in [1.29, 1.82) is 0 Å². The second-order valence-electron chi connectivity index (χ2n) is 5.87. The molecule has 26 heavy (non-hydrogen) atoms. The summed E-state index contributed by atoms with van der Waals surface area (Å²) in [6.45, 7) is 0.151. The molecule has 1 N–H and O–H groups in total. The first-order valence-corrected chi connectivity index (χ1v) is 9.71. The highest BCUT2D eigenvalue weighted by Crippen LogP contribution is 2.26. The molecular weight excluding hydrogens is 376 g/mol. The second kappa shape index (κ2) is 8.64. The molecule has 6 nitrogen and oxygen atoms in total. The maximum Gasteiger partial charge on any atom is 0.337 e. The van der Waals surface area contributed by atoms with Crippen molar-refractivity contribution in [2.45, 2.75) is 10.9 Å². The average Bonchev–Trinajstić information content (AvgIpc) is 2.62. The van der Waals surface area contributed by atoms with Gasteiger partial charge in [-0.2, -0.15) is 0 Å². The molecule has 2 rings (SSSR count). The lowest BCUT2D eigenvalue weighted by atomic mass is 10.1. The van der Waals surface area contributed by atoms with Gasteiger partial charge in [0.15, 0.2) is 0 Å². The van der Waals surface area contributed by atoms with E-state index >= 15 is 0 Å². The van der Waals surface area contributed by atoms with Crippen LogP contribution in [0.1, 0.15) is 22.0 Å². The Hall–Kier alpha value is -1.93. The van der Waals surface area contributed by atoms with Gasteiger partial charge in [-0.1, -0.05) is 29.8 Å². The SMILES string of the molecule is COC(=O)c1ccc(S(=O)(=O)NC[C@@H](c2ccccc2Cl)N(C)C)cc1. The number of esters is 1. The maximum absolute atomic E-state index is 12.5. The van der Waals surface area contributed by atoms with Crippen LogP contribution in [0.3, 0.4) is 0 Å². The molecule has 140 valence electrons. The molecule has 0 fully saturated rings. The molecule has 0 spiro atoms. The standard InChI is InChI=1S/C18H21ClN2O4S/c1-21(2)17(15-6-4-5-7-16(15)19)12-20-26(23,24)14-10-8-13(9-11-14)18(22)25-3/h4-11,17,20H,12H2,1-3H3/t17-/m0/s1. The van der Waals surface area contributed by atoms with Gasteiger partial charge < -0.3 is 9.64 Å². The summed E-state index contributed by atoms with van der Waals surface area (Å²) in [6.07, 6.45) is 0. The van der Waals surface area contributed by atoms with E-state index in [1.54, 1.807) is 6.07 Å². The van der Waals surface area contributed by atoms with Crippen molar-refractivity contribution >= 4 is 27.6 Å². The van der Waals surface area contributed by atoms with Crippen LogP contribution in [0.4, 0.5) is 0 Å². The van der Waals surface area contributed by atoms with E-state index < -0.39 is 16.0 Å². The third-order valence-electron chi connectivity index (χ3n) is 3.94. The number of hydrogen-bond donors (Lipinski definition) is 1. The second-order valence-corrected chi connectivity index (χ2v) is 8.04. The van der Waals surface area contributed by atoms with Crippen molar-refractivity contribution in [3.05, 3.63) is 64.7 Å². The molecule has 0 saturated carbocycles. The normalized spacial score (nSPS) is 12.8. The fraction of sp³-hybridized carbons (Fsp3) is 0.278. The largest absolute Gasteiger partial charge is 0.465 e. The topological polar surface area (TPSA) is 75.7 Å². The van der Waals surface area contributed by atoms with Gasteiger partial charge in [-0.25, -0.2) is 17.9 Å². The molecule has 8 heteroatoms. The molecule has 0 saturated heterocycles. The number of carbonyl (C=O) groups is 1. The molecule has 0 aliphatic carbocycles. The van der Waals surface area contributed by atoms with E-state index in [1.165, 1.54) is 31.4 Å². The number of carbonyl (C=O) groups excluding carboxylic acids is 1. The number of rotatable bonds is 7. The Morgan fingerprint density at radius 1 is 1.15 bits per heavy atom. The summed E-state index contributed by atoms with van der Waals surface area (Å²) in [6, 6.07) is 12.7. The minimum atomic E-state index is -3.73. The van der Waals surface area contributed by atoms with Crippen molar-refractivity contribution in [2.24, 2.45) is 0 Å². The lowest BCUT2D eigenvalue weighted by molar-refractivity contribution is 0.0600. The number of halogens is 1. The van der Waals surface area contributed by atoms with Gasteiger partial charge in [0, 0.05) is 17.6 Å². The molecule has 0 unspecified atom stereocenters. The first-order chi connectivity index (χ1) is 12.3. The first-order valence-electron chi connectivity index (χ1n) is 7.85. The summed E-state index contributed by atoms with van der Waals surface area (Å²) in [5, 5.41) is 0.577. The average molecular weight is 397 g/mol. The highest BCUT2D eigenvalue weighted by atomic mass is 35.5. The number of nitrogens with zero attached hydrogens (tertiary/aromatic N) is 1. The number of hydrogen-bond acceptors (Lipinski definition) is 5. The Morgan fingerprint density at radius 2 is 1.77 bits per heavy atom. The number of ether oxygens (including phenoxy) is 1. The Balaban J connectivity index is 2.17. The molecule has 0 heterocycles.